The number of aromatic amines is 2. The van der Waals surface area contributed by atoms with E-state index in [-0.39, 0.29) is 22.3 Å². The lowest BCUT2D eigenvalue weighted by Gasteiger charge is -2.26. The van der Waals surface area contributed by atoms with Crippen LogP contribution >= 0.6 is 0 Å². The molecule has 6 aromatic carbocycles. The summed E-state index contributed by atoms with van der Waals surface area (Å²) in [5.41, 5.74) is 11.5. The summed E-state index contributed by atoms with van der Waals surface area (Å²) in [6.07, 6.45) is 11.3. The minimum atomic E-state index is -0.894. The number of fused-ring (bicyclic) bond motifs is 4. The van der Waals surface area contributed by atoms with Crippen LogP contribution in [0.3, 0.4) is 0 Å². The molecule has 20 nitrogen and oxygen atoms in total. The van der Waals surface area contributed by atoms with Gasteiger partial charge in [0.1, 0.15) is 24.2 Å². The van der Waals surface area contributed by atoms with Gasteiger partial charge in [-0.15, -0.1) is 0 Å². The Labute approximate surface area is 573 Å². The molecular formula is C80H66N12O8. The van der Waals surface area contributed by atoms with Crippen LogP contribution < -0.4 is 21.3 Å². The number of hydrogen-bond donors (Lipinski definition) is 6. The Balaban J connectivity index is 0.964. The van der Waals surface area contributed by atoms with Gasteiger partial charge in [-0.3, -0.25) is 38.4 Å². The average molecular weight is 1320 g/mol. The monoisotopic (exact) mass is 1320 g/mol. The summed E-state index contributed by atoms with van der Waals surface area (Å²) in [4.78, 5) is 145. The van der Waals surface area contributed by atoms with Gasteiger partial charge in [-0.2, -0.15) is 0 Å². The first-order valence-electron chi connectivity index (χ1n) is 34.1. The van der Waals surface area contributed by atoms with E-state index in [9.17, 15) is 19.2 Å². The first-order valence-corrected chi connectivity index (χ1v) is 34.1. The number of nitrogens with one attached hydrogen (secondary N) is 6. The van der Waals surface area contributed by atoms with Crippen molar-refractivity contribution >= 4 is 116 Å². The molecule has 0 radical (unpaired) electrons. The normalized spacial score (nSPS) is 19.8. The Morgan fingerprint density at radius 2 is 0.530 bits per heavy atom. The third-order valence-corrected chi connectivity index (χ3v) is 20.5. The smallest absolute Gasteiger partial charge is 0.254 e. The van der Waals surface area contributed by atoms with E-state index < -0.39 is 71.4 Å². The lowest BCUT2D eigenvalue weighted by molar-refractivity contribution is -0.120. The summed E-state index contributed by atoms with van der Waals surface area (Å²) in [6.45, 7) is 1.17. The molecule has 10 aliphatic rings. The van der Waals surface area contributed by atoms with Crippen molar-refractivity contribution in [2.24, 2.45) is 0 Å². The molecule has 20 heteroatoms. The zero-order chi connectivity index (χ0) is 67.9. The van der Waals surface area contributed by atoms with Gasteiger partial charge in [0.2, 0.25) is 23.6 Å². The summed E-state index contributed by atoms with van der Waals surface area (Å²) < 4.78 is 0. The fraction of sp³-hybridized carbons (Fsp3) is 0.200. The second-order valence-corrected chi connectivity index (χ2v) is 26.4. The highest BCUT2D eigenvalue weighted by Gasteiger charge is 2.41. The summed E-state index contributed by atoms with van der Waals surface area (Å²) in [5.74, 6) is -3.32. The number of benzene rings is 6. The van der Waals surface area contributed by atoms with Gasteiger partial charge in [0.15, 0.2) is 0 Å². The fourth-order valence-corrected chi connectivity index (χ4v) is 15.8. The van der Waals surface area contributed by atoms with Gasteiger partial charge in [0.25, 0.3) is 23.6 Å². The van der Waals surface area contributed by atoms with E-state index in [0.717, 1.165) is 0 Å². The zero-order valence-corrected chi connectivity index (χ0v) is 54.2. The van der Waals surface area contributed by atoms with Gasteiger partial charge >= 0.3 is 0 Å². The Kier molecular flexibility index (Phi) is 15.3. The van der Waals surface area contributed by atoms with Crippen LogP contribution in [0.5, 0.6) is 0 Å². The zero-order valence-electron chi connectivity index (χ0n) is 54.2. The maximum atomic E-state index is 15.2. The lowest BCUT2D eigenvalue weighted by atomic mass is 10.0. The highest BCUT2D eigenvalue weighted by Crippen LogP contribution is 2.44. The number of hydrogen-bond acceptors (Lipinski definition) is 10. The first kappa shape index (κ1) is 61.3. The highest BCUT2D eigenvalue weighted by atomic mass is 16.2. The molecule has 0 unspecified atom stereocenters. The molecule has 0 spiro atoms. The van der Waals surface area contributed by atoms with E-state index in [1.807, 2.05) is 146 Å². The van der Waals surface area contributed by atoms with Gasteiger partial charge in [-0.25, -0.2) is 9.97 Å². The average Bonchev–Trinajstić information content (AvgIpc) is 1.57. The van der Waals surface area contributed by atoms with Crippen LogP contribution in [0, 0.1) is 0 Å². The van der Waals surface area contributed by atoms with E-state index >= 15 is 19.2 Å². The maximum Gasteiger partial charge on any atom is 0.254 e. The Morgan fingerprint density at radius 3 is 0.780 bits per heavy atom. The number of carbonyl (C=O) groups excluding carboxylic acids is 8. The standard InChI is InChI=1S/C80H66N12O8/c93-73-65-27-11-39-89(65)77(97)45-15-9-16-46(43-45)78(98)92-42-14-30-68(92)76(96)88-56-26-8-4-22-52(56)72-63-37-35-61(83-63)70-50-20-2-6-24-54(50)86-74(94)66-28-12-40-90(66)79(99)47-17-10-18-48(44-47)80(100)91-41-13-29-67(91)75(95)87-55-25-7-3-21-51(55)71(62-36-38-64(72)84-62)60-34-32-58(82-60)69(57-31-33-59(70)81-57)49-19-1-5-23-53(49)85-73/h1-10,15-26,31-38,43-44,65-68,81,84H,11-14,27-30,39-42H2,(H,85,93)(H,86,94)(H,87,95)(H,88,96)/t65-,66-,67-,68-/m0/s1. The van der Waals surface area contributed by atoms with Crippen molar-refractivity contribution in [1.82, 2.24) is 39.5 Å². The lowest BCUT2D eigenvalue weighted by Crippen LogP contribution is -2.44. The van der Waals surface area contributed by atoms with Crippen molar-refractivity contribution in [3.8, 4) is 44.5 Å². The van der Waals surface area contributed by atoms with Crippen LogP contribution in [0.4, 0.5) is 22.7 Å². The molecule has 0 aliphatic carbocycles. The molecule has 6 N–H and O–H groups in total. The van der Waals surface area contributed by atoms with Crippen molar-refractivity contribution in [3.63, 3.8) is 0 Å². The van der Waals surface area contributed by atoms with Gasteiger partial charge < -0.3 is 50.8 Å². The molecule has 19 rings (SSSR count). The topological polar surface area (TPSA) is 255 Å². The van der Waals surface area contributed by atoms with Crippen LogP contribution in [-0.2, 0) is 19.2 Å². The van der Waals surface area contributed by atoms with E-state index in [1.165, 1.54) is 0 Å². The molecule has 10 aliphatic heterocycles. The molecule has 13 heterocycles. The number of rotatable bonds is 0. The van der Waals surface area contributed by atoms with E-state index in [4.69, 9.17) is 9.97 Å². The molecule has 4 saturated heterocycles. The molecule has 0 saturated carbocycles. The highest BCUT2D eigenvalue weighted by molar-refractivity contribution is 6.12. The van der Waals surface area contributed by atoms with Gasteiger partial charge in [0.05, 0.1) is 22.8 Å². The maximum absolute atomic E-state index is 15.2. The Bertz CT molecular complexity index is 4650. The van der Waals surface area contributed by atoms with Crippen LogP contribution in [0.25, 0.3) is 90.9 Å². The molecule has 16 bridgehead atoms. The summed E-state index contributed by atoms with van der Waals surface area (Å²) in [6, 6.07) is 46.9. The number of aromatic nitrogens is 4. The number of carbonyl (C=O) groups is 8. The molecule has 4 fully saturated rings. The van der Waals surface area contributed by atoms with E-state index in [1.54, 1.807) is 68.1 Å². The fourth-order valence-electron chi connectivity index (χ4n) is 15.8. The van der Waals surface area contributed by atoms with Crippen LogP contribution in [-0.4, -0.2) is 137 Å². The van der Waals surface area contributed by atoms with Gasteiger partial charge in [-0.1, -0.05) is 84.9 Å². The minimum Gasteiger partial charge on any atom is -0.354 e. The van der Waals surface area contributed by atoms with Crippen LogP contribution in [0.1, 0.15) is 116 Å². The Morgan fingerprint density at radius 1 is 0.290 bits per heavy atom. The van der Waals surface area contributed by atoms with Gasteiger partial charge in [0, 0.05) is 138 Å². The van der Waals surface area contributed by atoms with Crippen molar-refractivity contribution in [3.05, 3.63) is 215 Å². The largest absolute Gasteiger partial charge is 0.354 e. The Hall–Kier alpha value is -12.3. The van der Waals surface area contributed by atoms with Gasteiger partial charge in [-0.05, 0) is 161 Å². The second kappa shape index (κ2) is 25.0. The minimum absolute atomic E-state index is 0.233. The summed E-state index contributed by atoms with van der Waals surface area (Å²) in [5, 5.41) is 13.0. The number of anilines is 4. The summed E-state index contributed by atoms with van der Waals surface area (Å²) in [7, 11) is 0. The first-order chi connectivity index (χ1) is 48.9. The molecule has 3 aromatic heterocycles. The third-order valence-electron chi connectivity index (χ3n) is 20.5. The number of amides is 8. The molecule has 100 heavy (non-hydrogen) atoms. The van der Waals surface area contributed by atoms with Crippen molar-refractivity contribution in [2.75, 3.05) is 47.4 Å². The molecule has 4 atom stereocenters. The number of nitrogens with zero attached hydrogens (tertiary/aromatic N) is 6. The number of H-pyrrole nitrogens is 2. The van der Waals surface area contributed by atoms with E-state index in [0.29, 0.717) is 190 Å². The summed E-state index contributed by atoms with van der Waals surface area (Å²) >= 11 is 0. The predicted molar refractivity (Wildman–Crippen MR) is 384 cm³/mol. The molecule has 9 aromatic rings. The quantitative estimate of drug-likeness (QED) is 0.0837. The van der Waals surface area contributed by atoms with Crippen molar-refractivity contribution < 1.29 is 38.4 Å². The predicted octanol–water partition coefficient (Wildman–Crippen LogP) is 12.9. The second-order valence-electron chi connectivity index (χ2n) is 26.4. The van der Waals surface area contributed by atoms with Crippen molar-refractivity contribution in [1.29, 1.82) is 0 Å². The molecular weight excluding hydrogens is 1260 g/mol. The van der Waals surface area contributed by atoms with Crippen LogP contribution in [0.15, 0.2) is 170 Å². The molecule has 8 amide bonds. The SMILES string of the molecule is O=C1Nc2ccccc2-c2c3nc(c4c5ccc([nH]5)c(c5nc(c(c6ccc2[nH]6)-c2ccccc2NC(=O)[C@@H]2CCCN2C(=O)c2cccc(c2)C(=O)N2CCC[C@H]2C(=O)Nc2ccccc2-4)C=C5)-c2ccccc2NC(=O)[C@@H]2CCCN2C(=O)c2cccc(c2)C(=O)N2CCC[C@@H]12)C=C3. The van der Waals surface area contributed by atoms with Crippen LogP contribution in [0.2, 0.25) is 0 Å². The van der Waals surface area contributed by atoms with Crippen molar-refractivity contribution in [2.45, 2.75) is 75.5 Å². The van der Waals surface area contributed by atoms with E-state index in [2.05, 4.69) is 31.2 Å². The number of para-hydroxylation sites is 4. The third kappa shape index (κ3) is 10.7. The molecule has 494 valence electrons.